The van der Waals surface area contributed by atoms with E-state index < -0.39 is 12.1 Å². The Kier molecular flexibility index (Phi) is 6.50. The molecular formula is C15H19Cl2N3O3. The second kappa shape index (κ2) is 8.38. The summed E-state index contributed by atoms with van der Waals surface area (Å²) in [4.78, 5) is 20.0. The Morgan fingerprint density at radius 1 is 1.30 bits per heavy atom. The van der Waals surface area contributed by atoms with Gasteiger partial charge in [-0.1, -0.05) is 0 Å². The zero-order chi connectivity index (χ0) is 16.8. The number of rotatable bonds is 9. The fourth-order valence-corrected chi connectivity index (χ4v) is 2.75. The topological polar surface area (TPSA) is 89.4 Å². The number of H-pyrrole nitrogens is 1. The smallest absolute Gasteiger partial charge is 0.303 e. The first kappa shape index (κ1) is 17.8. The number of carbonyl (C=O) groups is 1. The number of aliphatic hydroxyl groups is 1. The maximum atomic E-state index is 10.6. The zero-order valence-corrected chi connectivity index (χ0v) is 14.0. The van der Waals surface area contributed by atoms with Crippen molar-refractivity contribution in [3.8, 4) is 0 Å². The summed E-state index contributed by atoms with van der Waals surface area (Å²) in [7, 11) is 0. The van der Waals surface area contributed by atoms with Gasteiger partial charge in [0.05, 0.1) is 11.0 Å². The number of imidazole rings is 1. The Balaban J connectivity index is 2.21. The van der Waals surface area contributed by atoms with Crippen LogP contribution in [0.5, 0.6) is 0 Å². The first-order chi connectivity index (χ1) is 11.0. The van der Waals surface area contributed by atoms with Crippen molar-refractivity contribution in [3.63, 3.8) is 0 Å². The number of carboxylic acids is 1. The van der Waals surface area contributed by atoms with Gasteiger partial charge in [-0.05, 0) is 24.6 Å². The number of alkyl halides is 2. The average molecular weight is 360 g/mol. The minimum Gasteiger partial charge on any atom is -0.481 e. The van der Waals surface area contributed by atoms with Crippen molar-refractivity contribution in [2.24, 2.45) is 0 Å². The Hall–Kier alpha value is -1.50. The molecule has 0 aliphatic carbocycles. The largest absolute Gasteiger partial charge is 0.481 e. The van der Waals surface area contributed by atoms with Crippen molar-refractivity contribution in [1.29, 1.82) is 0 Å². The summed E-state index contributed by atoms with van der Waals surface area (Å²) in [6.45, 7) is 1.37. The number of hydrogen-bond acceptors (Lipinski definition) is 4. The number of nitrogens with zero attached hydrogens (tertiary/aromatic N) is 2. The predicted molar refractivity (Wildman–Crippen MR) is 91.6 cm³/mol. The van der Waals surface area contributed by atoms with Gasteiger partial charge in [-0.25, -0.2) is 4.98 Å². The van der Waals surface area contributed by atoms with Crippen molar-refractivity contribution < 1.29 is 15.0 Å². The summed E-state index contributed by atoms with van der Waals surface area (Å²) >= 11 is 11.6. The van der Waals surface area contributed by atoms with E-state index >= 15 is 0 Å². The molecule has 1 aromatic heterocycles. The molecule has 0 saturated carbocycles. The number of benzene rings is 1. The third-order valence-electron chi connectivity index (χ3n) is 3.51. The van der Waals surface area contributed by atoms with E-state index in [1.165, 1.54) is 0 Å². The van der Waals surface area contributed by atoms with Crippen LogP contribution in [0.4, 0.5) is 5.69 Å². The van der Waals surface area contributed by atoms with Gasteiger partial charge in [-0.15, -0.1) is 23.2 Å². The van der Waals surface area contributed by atoms with Crippen LogP contribution in [0.25, 0.3) is 11.0 Å². The molecular weight excluding hydrogens is 341 g/mol. The number of anilines is 1. The van der Waals surface area contributed by atoms with Crippen LogP contribution in [-0.2, 0) is 4.79 Å². The van der Waals surface area contributed by atoms with Crippen molar-refractivity contribution in [3.05, 3.63) is 24.0 Å². The minimum atomic E-state index is -0.944. The fourth-order valence-electron chi connectivity index (χ4n) is 2.34. The van der Waals surface area contributed by atoms with Gasteiger partial charge in [-0.2, -0.15) is 0 Å². The molecule has 1 heterocycles. The number of nitrogens with one attached hydrogen (secondary N) is 1. The summed E-state index contributed by atoms with van der Waals surface area (Å²) in [6, 6.07) is 5.70. The molecule has 126 valence electrons. The number of carboxylic acid groups (broad SMARTS) is 1. The highest BCUT2D eigenvalue weighted by atomic mass is 35.5. The van der Waals surface area contributed by atoms with Gasteiger partial charge in [0.2, 0.25) is 0 Å². The fraction of sp³-hybridized carbons (Fsp3) is 0.467. The summed E-state index contributed by atoms with van der Waals surface area (Å²) in [5.41, 5.74) is 2.46. The first-order valence-corrected chi connectivity index (χ1v) is 8.38. The molecule has 0 aliphatic heterocycles. The van der Waals surface area contributed by atoms with Crippen LogP contribution < -0.4 is 4.90 Å². The monoisotopic (exact) mass is 359 g/mol. The Morgan fingerprint density at radius 3 is 2.61 bits per heavy atom. The van der Waals surface area contributed by atoms with Crippen LogP contribution in [-0.4, -0.2) is 51.0 Å². The molecule has 2 aromatic rings. The van der Waals surface area contributed by atoms with E-state index in [9.17, 15) is 9.90 Å². The molecule has 1 aromatic carbocycles. The molecule has 0 amide bonds. The van der Waals surface area contributed by atoms with Crippen LogP contribution in [0.15, 0.2) is 18.2 Å². The second-order valence-corrected chi connectivity index (χ2v) is 5.89. The molecule has 23 heavy (non-hydrogen) atoms. The van der Waals surface area contributed by atoms with Gasteiger partial charge < -0.3 is 20.1 Å². The Bertz CT molecular complexity index is 656. The lowest BCUT2D eigenvalue weighted by Crippen LogP contribution is -2.27. The summed E-state index contributed by atoms with van der Waals surface area (Å²) in [5.74, 6) is 0.425. The quantitative estimate of drug-likeness (QED) is 0.599. The van der Waals surface area contributed by atoms with E-state index in [4.69, 9.17) is 28.3 Å². The second-order valence-electron chi connectivity index (χ2n) is 5.14. The molecule has 1 unspecified atom stereocenters. The standard InChI is InChI=1S/C15H19Cl2N3O3/c16-5-7-20(8-6-17)10-1-2-11-12(9-10)19-15(18-11)13(21)3-4-14(22)23/h1-2,9,13,21H,3-8H2,(H,18,19)(H,22,23). The molecule has 0 bridgehead atoms. The third-order valence-corrected chi connectivity index (χ3v) is 3.84. The van der Waals surface area contributed by atoms with Crippen LogP contribution in [0.2, 0.25) is 0 Å². The van der Waals surface area contributed by atoms with Crippen molar-refractivity contribution in [2.75, 3.05) is 29.7 Å². The highest BCUT2D eigenvalue weighted by Crippen LogP contribution is 2.24. The van der Waals surface area contributed by atoms with Gasteiger partial charge in [0.15, 0.2) is 0 Å². The lowest BCUT2D eigenvalue weighted by molar-refractivity contribution is -0.137. The van der Waals surface area contributed by atoms with E-state index in [1.54, 1.807) is 0 Å². The van der Waals surface area contributed by atoms with Crippen molar-refractivity contribution in [1.82, 2.24) is 9.97 Å². The summed E-state index contributed by atoms with van der Waals surface area (Å²) in [5, 5.41) is 18.7. The molecule has 2 rings (SSSR count). The number of aliphatic carboxylic acids is 1. The van der Waals surface area contributed by atoms with Crippen LogP contribution in [0.1, 0.15) is 24.8 Å². The number of aromatic amines is 1. The average Bonchev–Trinajstić information content (AvgIpc) is 2.95. The lowest BCUT2D eigenvalue weighted by Gasteiger charge is -2.22. The number of hydrogen-bond donors (Lipinski definition) is 3. The Labute approximate surface area is 144 Å². The van der Waals surface area contributed by atoms with Gasteiger partial charge in [0.25, 0.3) is 0 Å². The van der Waals surface area contributed by atoms with Crippen LogP contribution >= 0.6 is 23.2 Å². The number of aromatic nitrogens is 2. The molecule has 6 nitrogen and oxygen atoms in total. The normalized spacial score (nSPS) is 12.5. The van der Waals surface area contributed by atoms with Gasteiger partial charge in [0, 0.05) is 37.0 Å². The molecule has 0 aliphatic rings. The van der Waals surface area contributed by atoms with Crippen molar-refractivity contribution >= 4 is 45.9 Å². The SMILES string of the molecule is O=C(O)CCC(O)c1nc2ccc(N(CCCl)CCCl)cc2[nH]1. The molecule has 0 fully saturated rings. The van der Waals surface area contributed by atoms with E-state index in [2.05, 4.69) is 14.9 Å². The van der Waals surface area contributed by atoms with Crippen LogP contribution in [0.3, 0.4) is 0 Å². The Morgan fingerprint density at radius 2 is 2.00 bits per heavy atom. The van der Waals surface area contributed by atoms with E-state index in [1.807, 2.05) is 18.2 Å². The first-order valence-electron chi connectivity index (χ1n) is 7.31. The van der Waals surface area contributed by atoms with E-state index in [0.717, 1.165) is 16.7 Å². The third kappa shape index (κ3) is 4.73. The molecule has 0 radical (unpaired) electrons. The van der Waals surface area contributed by atoms with E-state index in [-0.39, 0.29) is 12.8 Å². The van der Waals surface area contributed by atoms with Gasteiger partial charge in [0.1, 0.15) is 11.9 Å². The molecule has 0 spiro atoms. The highest BCUT2D eigenvalue weighted by molar-refractivity contribution is 6.18. The molecule has 3 N–H and O–H groups in total. The highest BCUT2D eigenvalue weighted by Gasteiger charge is 2.15. The maximum Gasteiger partial charge on any atom is 0.303 e. The lowest BCUT2D eigenvalue weighted by atomic mass is 10.2. The molecule has 1 atom stereocenters. The number of aliphatic hydroxyl groups excluding tert-OH is 1. The molecule has 8 heteroatoms. The number of fused-ring (bicyclic) bond motifs is 1. The van der Waals surface area contributed by atoms with Crippen LogP contribution in [0, 0.1) is 0 Å². The molecule has 0 saturated heterocycles. The van der Waals surface area contributed by atoms with Gasteiger partial charge >= 0.3 is 5.97 Å². The summed E-state index contributed by atoms with van der Waals surface area (Å²) < 4.78 is 0. The maximum absolute atomic E-state index is 10.6. The van der Waals surface area contributed by atoms with Gasteiger partial charge in [-0.3, -0.25) is 4.79 Å². The van der Waals surface area contributed by atoms with E-state index in [0.29, 0.717) is 30.7 Å². The number of halogens is 2. The predicted octanol–water partition coefficient (Wildman–Crippen LogP) is 2.75. The summed E-state index contributed by atoms with van der Waals surface area (Å²) in [6.07, 6.45) is -0.918. The van der Waals surface area contributed by atoms with Crippen molar-refractivity contribution in [2.45, 2.75) is 18.9 Å². The zero-order valence-electron chi connectivity index (χ0n) is 12.5. The minimum absolute atomic E-state index is 0.108.